The minimum atomic E-state index is -3.69. The molecule has 0 amide bonds. The number of methoxy groups -OCH3 is 1. The number of carbonyl (C=O) groups is 1. The molecule has 4 rings (SSSR count). The average Bonchev–Trinajstić information content (AvgIpc) is 3.35. The quantitative estimate of drug-likeness (QED) is 0.269. The predicted octanol–water partition coefficient (Wildman–Crippen LogP) is 5.86. The lowest BCUT2D eigenvalue weighted by atomic mass is 9.94. The Morgan fingerprint density at radius 2 is 1.81 bits per heavy atom. The maximum atomic E-state index is 13.5. The highest BCUT2D eigenvalue weighted by molar-refractivity contribution is 8.16. The lowest BCUT2D eigenvalue weighted by molar-refractivity contribution is -0.139. The first-order chi connectivity index (χ1) is 17.9. The van der Waals surface area contributed by atoms with Gasteiger partial charge in [0.1, 0.15) is 12.0 Å². The Morgan fingerprint density at radius 1 is 1.08 bits per heavy atom. The summed E-state index contributed by atoms with van der Waals surface area (Å²) in [6.45, 7) is 4.05. The Hall–Kier alpha value is -3.04. The van der Waals surface area contributed by atoms with Crippen LogP contribution in [0.15, 0.2) is 75.6 Å². The number of rotatable bonds is 10. The highest BCUT2D eigenvalue weighted by atomic mass is 32.2. The van der Waals surface area contributed by atoms with E-state index >= 15 is 0 Å². The van der Waals surface area contributed by atoms with Crippen LogP contribution in [0.4, 0.5) is 0 Å². The fourth-order valence-corrected chi connectivity index (χ4v) is 6.69. The van der Waals surface area contributed by atoms with Crippen LogP contribution in [0.1, 0.15) is 31.0 Å². The zero-order chi connectivity index (χ0) is 26.6. The van der Waals surface area contributed by atoms with Gasteiger partial charge in [0.25, 0.3) is 0 Å². The van der Waals surface area contributed by atoms with E-state index in [4.69, 9.17) is 23.3 Å². The van der Waals surface area contributed by atoms with E-state index in [1.165, 1.54) is 26.0 Å². The minimum absolute atomic E-state index is 0.195. The second-order valence-corrected chi connectivity index (χ2v) is 11.0. The van der Waals surface area contributed by atoms with Gasteiger partial charge >= 0.3 is 13.6 Å². The molecule has 9 nitrogen and oxygen atoms in total. The summed E-state index contributed by atoms with van der Waals surface area (Å²) in [6, 6.07) is 14.5. The molecule has 2 aliphatic heterocycles. The molecule has 0 fully saturated rings. The van der Waals surface area contributed by atoms with E-state index in [2.05, 4.69) is 4.99 Å². The molecule has 1 unspecified atom stereocenters. The number of hydrogen-bond acceptors (Lipinski definition) is 10. The second-order valence-electron chi connectivity index (χ2n) is 8.03. The van der Waals surface area contributed by atoms with Crippen LogP contribution in [0.3, 0.4) is 0 Å². The maximum Gasteiger partial charge on any atom is 0.377 e. The van der Waals surface area contributed by atoms with Gasteiger partial charge in [-0.05, 0) is 37.1 Å². The van der Waals surface area contributed by atoms with E-state index in [1.54, 1.807) is 43.4 Å². The fourth-order valence-electron chi connectivity index (χ4n) is 4.12. The molecule has 0 aromatic heterocycles. The molecule has 37 heavy (non-hydrogen) atoms. The van der Waals surface area contributed by atoms with E-state index in [-0.39, 0.29) is 12.0 Å². The van der Waals surface area contributed by atoms with Gasteiger partial charge in [0, 0.05) is 19.6 Å². The van der Waals surface area contributed by atoms with Gasteiger partial charge in [0.15, 0.2) is 16.7 Å². The number of thioether (sulfide) groups is 1. The number of amidine groups is 1. The van der Waals surface area contributed by atoms with Crippen LogP contribution >= 0.6 is 19.4 Å². The van der Waals surface area contributed by atoms with Gasteiger partial charge in [-0.1, -0.05) is 48.2 Å². The molecule has 0 spiro atoms. The molecule has 1 atom stereocenters. The molecule has 0 bridgehead atoms. The molecule has 196 valence electrons. The summed E-state index contributed by atoms with van der Waals surface area (Å²) in [5, 5.41) is 2.22. The zero-order valence-corrected chi connectivity index (χ0v) is 23.0. The van der Waals surface area contributed by atoms with Crippen molar-refractivity contribution in [3.8, 4) is 11.5 Å². The van der Waals surface area contributed by atoms with Crippen molar-refractivity contribution in [1.29, 1.82) is 0 Å². The number of benzene rings is 2. The average molecular weight is 545 g/mol. The number of hydrogen-bond donors (Lipinski definition) is 0. The molecule has 2 aromatic carbocycles. The van der Waals surface area contributed by atoms with E-state index in [1.807, 2.05) is 36.4 Å². The van der Waals surface area contributed by atoms with Crippen molar-refractivity contribution in [1.82, 2.24) is 4.90 Å². The number of allylic oxidation sites excluding steroid dienone is 1. The fraction of sp³-hybridized carbons (Fsp3) is 0.308. The Morgan fingerprint density at radius 3 is 2.46 bits per heavy atom. The van der Waals surface area contributed by atoms with Crippen molar-refractivity contribution < 1.29 is 32.6 Å². The molecule has 0 saturated heterocycles. The molecule has 0 radical (unpaired) electrons. The van der Waals surface area contributed by atoms with Crippen molar-refractivity contribution in [3.63, 3.8) is 0 Å². The highest BCUT2D eigenvalue weighted by Gasteiger charge is 2.47. The molecule has 0 N–H and O–H groups in total. The lowest BCUT2D eigenvalue weighted by Crippen LogP contribution is -2.36. The lowest BCUT2D eigenvalue weighted by Gasteiger charge is -2.37. The van der Waals surface area contributed by atoms with Gasteiger partial charge in [-0.25, -0.2) is 9.79 Å². The van der Waals surface area contributed by atoms with Gasteiger partial charge in [-0.3, -0.25) is 4.57 Å². The molecular formula is C26H29N2O7PS. The predicted molar refractivity (Wildman–Crippen MR) is 142 cm³/mol. The summed E-state index contributed by atoms with van der Waals surface area (Å²) in [7, 11) is 0.503. The Balaban J connectivity index is 1.78. The van der Waals surface area contributed by atoms with Crippen molar-refractivity contribution in [3.05, 3.63) is 81.8 Å². The number of ether oxygens (including phenoxy) is 3. The molecular weight excluding hydrogens is 515 g/mol. The first-order valence-electron chi connectivity index (χ1n) is 11.6. The molecule has 11 heteroatoms. The van der Waals surface area contributed by atoms with Crippen molar-refractivity contribution >= 4 is 30.5 Å². The van der Waals surface area contributed by atoms with Crippen molar-refractivity contribution in [2.45, 2.75) is 26.5 Å². The Kier molecular flexibility index (Phi) is 8.44. The van der Waals surface area contributed by atoms with Crippen LogP contribution in [0.5, 0.6) is 11.5 Å². The van der Waals surface area contributed by atoms with E-state index in [0.29, 0.717) is 40.1 Å². The maximum absolute atomic E-state index is 13.5. The van der Waals surface area contributed by atoms with E-state index < -0.39 is 19.6 Å². The largest absolute Gasteiger partial charge is 0.493 e. The number of esters is 1. The third kappa shape index (κ3) is 5.33. The van der Waals surface area contributed by atoms with Crippen LogP contribution in [-0.4, -0.2) is 44.0 Å². The van der Waals surface area contributed by atoms with Crippen LogP contribution in [0.25, 0.3) is 0 Å². The summed E-state index contributed by atoms with van der Waals surface area (Å²) in [5.41, 5.74) is 2.81. The smallest absolute Gasteiger partial charge is 0.377 e. The SMILES string of the molecule is CCOC(=O)C1=C(C)N=C2SC=C(P(=O)(OC)OC)N2C1c1ccc(OCc2ccccc2)c(OC)c1. The number of carbonyl (C=O) groups excluding carboxylic acids is 1. The van der Waals surface area contributed by atoms with Crippen LogP contribution in [0, 0.1) is 0 Å². The topological polar surface area (TPSA) is 95.9 Å². The van der Waals surface area contributed by atoms with Crippen LogP contribution in [0.2, 0.25) is 0 Å². The minimum Gasteiger partial charge on any atom is -0.493 e. The standard InChI is InChI=1S/C26H29N2O7PS/c1-6-34-25(29)23-17(2)27-26-28(22(16-37-26)36(30,32-4)33-5)24(23)19-12-13-20(21(14-19)31-3)35-15-18-10-8-7-9-11-18/h7-14,16,24H,6,15H2,1-5H3. The van der Waals surface area contributed by atoms with Gasteiger partial charge < -0.3 is 28.2 Å². The first kappa shape index (κ1) is 27.0. The Bertz CT molecular complexity index is 1300. The van der Waals surface area contributed by atoms with Crippen molar-refractivity contribution in [2.24, 2.45) is 4.99 Å². The molecule has 2 heterocycles. The third-order valence-corrected chi connectivity index (χ3v) is 8.79. The summed E-state index contributed by atoms with van der Waals surface area (Å²) >= 11 is 1.28. The molecule has 2 aliphatic rings. The zero-order valence-electron chi connectivity index (χ0n) is 21.3. The summed E-state index contributed by atoms with van der Waals surface area (Å²) < 4.78 is 41.1. The summed E-state index contributed by atoms with van der Waals surface area (Å²) in [5.74, 6) is 0.513. The normalized spacial score (nSPS) is 17.2. The number of fused-ring (bicyclic) bond motifs is 1. The Labute approximate surface area is 220 Å². The molecule has 2 aromatic rings. The number of aliphatic imine (C=N–C) groups is 1. The van der Waals surface area contributed by atoms with E-state index in [9.17, 15) is 9.36 Å². The van der Waals surface area contributed by atoms with Gasteiger partial charge in [-0.15, -0.1) is 0 Å². The van der Waals surface area contributed by atoms with Gasteiger partial charge in [0.2, 0.25) is 0 Å². The first-order valence-corrected chi connectivity index (χ1v) is 14.0. The molecule has 0 aliphatic carbocycles. The highest BCUT2D eigenvalue weighted by Crippen LogP contribution is 2.62. The monoisotopic (exact) mass is 544 g/mol. The van der Waals surface area contributed by atoms with Crippen LogP contribution in [-0.2, 0) is 29.8 Å². The van der Waals surface area contributed by atoms with Gasteiger partial charge in [-0.2, -0.15) is 0 Å². The van der Waals surface area contributed by atoms with Crippen LogP contribution < -0.4 is 9.47 Å². The second kappa shape index (κ2) is 11.6. The summed E-state index contributed by atoms with van der Waals surface area (Å²) in [4.78, 5) is 19.5. The third-order valence-electron chi connectivity index (χ3n) is 5.90. The van der Waals surface area contributed by atoms with E-state index in [0.717, 1.165) is 5.56 Å². The summed E-state index contributed by atoms with van der Waals surface area (Å²) in [6.07, 6.45) is 0. The van der Waals surface area contributed by atoms with Crippen molar-refractivity contribution in [2.75, 3.05) is 27.9 Å². The van der Waals surface area contributed by atoms with Gasteiger partial charge in [0.05, 0.1) is 31.0 Å². The molecule has 0 saturated carbocycles. The number of nitrogens with zero attached hydrogens (tertiary/aromatic N) is 2.